The van der Waals surface area contributed by atoms with Gasteiger partial charge in [0.15, 0.2) is 0 Å². The van der Waals surface area contributed by atoms with E-state index in [2.05, 4.69) is 26.7 Å². The second-order valence-corrected chi connectivity index (χ2v) is 11.8. The van der Waals surface area contributed by atoms with Gasteiger partial charge in [0.05, 0.1) is 16.9 Å². The number of rotatable bonds is 4. The van der Waals surface area contributed by atoms with E-state index in [4.69, 9.17) is 0 Å². The highest BCUT2D eigenvalue weighted by Gasteiger charge is 2.49. The van der Waals surface area contributed by atoms with Gasteiger partial charge in [0.25, 0.3) is 0 Å². The molecule has 0 aliphatic carbocycles. The monoisotopic (exact) mass is 556 g/mol. The third kappa shape index (κ3) is 4.52. The van der Waals surface area contributed by atoms with Crippen molar-refractivity contribution in [2.45, 2.75) is 51.0 Å². The average molecular weight is 557 g/mol. The van der Waals surface area contributed by atoms with Gasteiger partial charge in [-0.05, 0) is 51.1 Å². The van der Waals surface area contributed by atoms with Crippen LogP contribution in [0.15, 0.2) is 30.3 Å². The molecule has 214 valence electrons. The summed E-state index contributed by atoms with van der Waals surface area (Å²) >= 11 is 0. The summed E-state index contributed by atoms with van der Waals surface area (Å²) in [6, 6.07) is 7.85. The maximum Gasteiger partial charge on any atom is 0.416 e. The fraction of sp³-hybridized carbons (Fsp3) is 0.552. The number of anilines is 3. The van der Waals surface area contributed by atoms with E-state index in [1.165, 1.54) is 18.2 Å². The van der Waals surface area contributed by atoms with Gasteiger partial charge < -0.3 is 14.7 Å². The molecule has 6 rings (SSSR count). The van der Waals surface area contributed by atoms with Gasteiger partial charge in [-0.3, -0.25) is 19.4 Å². The number of amides is 2. The molecular formula is C29H35F3N6O2. The summed E-state index contributed by atoms with van der Waals surface area (Å²) in [5, 5.41) is 0. The van der Waals surface area contributed by atoms with Gasteiger partial charge in [-0.2, -0.15) is 13.2 Å². The lowest BCUT2D eigenvalue weighted by atomic mass is 9.95. The van der Waals surface area contributed by atoms with Gasteiger partial charge in [-0.25, -0.2) is 4.98 Å². The Morgan fingerprint density at radius 1 is 1.00 bits per heavy atom. The number of alkyl halides is 3. The van der Waals surface area contributed by atoms with Gasteiger partial charge >= 0.3 is 6.18 Å². The molecule has 5 heterocycles. The molecule has 4 aliphatic heterocycles. The van der Waals surface area contributed by atoms with Crippen LogP contribution in [0.2, 0.25) is 0 Å². The van der Waals surface area contributed by atoms with Gasteiger partial charge in [-0.15, -0.1) is 0 Å². The first-order valence-electron chi connectivity index (χ1n) is 13.9. The van der Waals surface area contributed by atoms with Gasteiger partial charge in [0.2, 0.25) is 11.8 Å². The SMILES string of the molecule is Cc1cc(C(F)(F)F)cc(N2C(=O)C[C@@H]3CN(CCN4C[C@@H]5C[C@H]4CN5C)c4c(C)cccc4N(C)C(=O)[C@H]32)n1. The third-order valence-corrected chi connectivity index (χ3v) is 9.16. The number of benzene rings is 1. The van der Waals surface area contributed by atoms with Crippen molar-refractivity contribution in [3.63, 3.8) is 0 Å². The Morgan fingerprint density at radius 2 is 1.77 bits per heavy atom. The quantitative estimate of drug-likeness (QED) is 0.576. The zero-order valence-electron chi connectivity index (χ0n) is 23.3. The van der Waals surface area contributed by atoms with Crippen molar-refractivity contribution in [1.29, 1.82) is 0 Å². The molecule has 3 fully saturated rings. The summed E-state index contributed by atoms with van der Waals surface area (Å²) < 4.78 is 40.9. The number of hydrogen-bond donors (Lipinski definition) is 0. The number of piperazine rings is 1. The first kappa shape index (κ1) is 27.0. The molecule has 40 heavy (non-hydrogen) atoms. The molecule has 2 aromatic rings. The Labute approximate surface area is 232 Å². The molecule has 0 unspecified atom stereocenters. The Balaban J connectivity index is 1.35. The van der Waals surface area contributed by atoms with E-state index in [0.717, 1.165) is 55.2 Å². The Hall–Kier alpha value is -3.18. The predicted octanol–water partition coefficient (Wildman–Crippen LogP) is 3.31. The van der Waals surface area contributed by atoms with Crippen molar-refractivity contribution in [3.8, 4) is 0 Å². The van der Waals surface area contributed by atoms with E-state index in [1.54, 1.807) is 11.9 Å². The topological polar surface area (TPSA) is 63.2 Å². The second kappa shape index (κ2) is 9.73. The highest BCUT2D eigenvalue weighted by molar-refractivity contribution is 6.10. The van der Waals surface area contributed by atoms with Gasteiger partial charge in [-0.1, -0.05) is 12.1 Å². The molecule has 4 atom stereocenters. The maximum absolute atomic E-state index is 14.0. The Morgan fingerprint density at radius 3 is 2.45 bits per heavy atom. The highest BCUT2D eigenvalue weighted by atomic mass is 19.4. The van der Waals surface area contributed by atoms with Crippen molar-refractivity contribution in [2.75, 3.05) is 61.5 Å². The minimum Gasteiger partial charge on any atom is -0.368 e. The minimum atomic E-state index is -4.59. The van der Waals surface area contributed by atoms with Crippen LogP contribution in [0.25, 0.3) is 0 Å². The number of carbonyl (C=O) groups excluding carboxylic acids is 2. The van der Waals surface area contributed by atoms with Crippen LogP contribution in [0, 0.1) is 19.8 Å². The van der Waals surface area contributed by atoms with Crippen molar-refractivity contribution < 1.29 is 22.8 Å². The number of aromatic nitrogens is 1. The standard InChI is InChI=1S/C29H35F3N6O2/c1-17-6-5-7-23-26(17)37(9-8-36-16-21-13-22(36)15-34(21)3)14-19-11-25(39)38(27(19)28(40)35(23)4)24-12-20(29(30,31)32)10-18(2)33-24/h5-7,10,12,19,21-22,27H,8-9,11,13-16H2,1-4H3/t19-,21+,22+,27+/m1/s1. The van der Waals surface area contributed by atoms with E-state index < -0.39 is 23.7 Å². The first-order chi connectivity index (χ1) is 18.9. The molecule has 4 aliphatic rings. The van der Waals surface area contributed by atoms with Crippen molar-refractivity contribution in [2.24, 2.45) is 5.92 Å². The third-order valence-electron chi connectivity index (χ3n) is 9.16. The van der Waals surface area contributed by atoms with Crippen LogP contribution in [0.1, 0.15) is 29.7 Å². The summed E-state index contributed by atoms with van der Waals surface area (Å²) in [5.74, 6) is -1.22. The number of hydrogen-bond acceptors (Lipinski definition) is 6. The molecule has 1 aromatic carbocycles. The minimum absolute atomic E-state index is 0.0676. The molecule has 3 saturated heterocycles. The van der Waals surface area contributed by atoms with E-state index in [9.17, 15) is 22.8 Å². The summed E-state index contributed by atoms with van der Waals surface area (Å²) in [7, 11) is 3.86. The van der Waals surface area contributed by atoms with E-state index in [0.29, 0.717) is 18.6 Å². The number of pyridine rings is 1. The molecule has 1 aromatic heterocycles. The molecule has 0 radical (unpaired) electrons. The second-order valence-electron chi connectivity index (χ2n) is 11.8. The van der Waals surface area contributed by atoms with Crippen molar-refractivity contribution in [3.05, 3.63) is 47.2 Å². The summed E-state index contributed by atoms with van der Waals surface area (Å²) in [4.78, 5) is 41.7. The normalized spacial score (nSPS) is 27.3. The number of likely N-dealkylation sites (N-methyl/N-ethyl adjacent to an activating group) is 2. The molecule has 2 bridgehead atoms. The lowest BCUT2D eigenvalue weighted by Crippen LogP contribution is -2.53. The van der Waals surface area contributed by atoms with Gasteiger partial charge in [0, 0.05) is 69.9 Å². The first-order valence-corrected chi connectivity index (χ1v) is 13.9. The largest absolute Gasteiger partial charge is 0.416 e. The molecule has 11 heteroatoms. The van der Waals surface area contributed by atoms with Crippen LogP contribution < -0.4 is 14.7 Å². The lowest BCUT2D eigenvalue weighted by molar-refractivity contribution is -0.137. The number of para-hydroxylation sites is 1. The number of nitrogens with zero attached hydrogens (tertiary/aromatic N) is 6. The zero-order chi connectivity index (χ0) is 28.5. The van der Waals surface area contributed by atoms with Crippen LogP contribution in [-0.4, -0.2) is 91.5 Å². The van der Waals surface area contributed by atoms with E-state index in [-0.39, 0.29) is 29.7 Å². The number of aryl methyl sites for hydroxylation is 2. The molecular weight excluding hydrogens is 521 g/mol. The number of fused-ring (bicyclic) bond motifs is 4. The Kier molecular flexibility index (Phi) is 6.57. The van der Waals surface area contributed by atoms with Crippen LogP contribution in [0.3, 0.4) is 0 Å². The number of halogens is 3. The molecule has 0 spiro atoms. The summed E-state index contributed by atoms with van der Waals surface area (Å²) in [6.45, 7) is 7.63. The summed E-state index contributed by atoms with van der Waals surface area (Å²) in [6.07, 6.45) is -3.34. The maximum atomic E-state index is 14.0. The Bertz CT molecular complexity index is 1350. The average Bonchev–Trinajstić information content (AvgIpc) is 3.55. The van der Waals surface area contributed by atoms with Crippen molar-refractivity contribution in [1.82, 2.24) is 14.8 Å². The van der Waals surface area contributed by atoms with Crippen LogP contribution in [0.4, 0.5) is 30.4 Å². The van der Waals surface area contributed by atoms with E-state index >= 15 is 0 Å². The zero-order valence-corrected chi connectivity index (χ0v) is 23.3. The van der Waals surface area contributed by atoms with E-state index in [1.807, 2.05) is 25.1 Å². The van der Waals surface area contributed by atoms with Crippen LogP contribution in [-0.2, 0) is 15.8 Å². The van der Waals surface area contributed by atoms with Crippen LogP contribution >= 0.6 is 0 Å². The summed E-state index contributed by atoms with van der Waals surface area (Å²) in [5.41, 5.74) is 2.00. The predicted molar refractivity (Wildman–Crippen MR) is 147 cm³/mol. The molecule has 0 N–H and O–H groups in total. The number of likely N-dealkylation sites (tertiary alicyclic amines) is 2. The fourth-order valence-electron chi connectivity index (χ4n) is 7.18. The molecule has 2 amide bonds. The van der Waals surface area contributed by atoms with Crippen molar-refractivity contribution >= 4 is 29.0 Å². The lowest BCUT2D eigenvalue weighted by Gasteiger charge is -2.40. The molecule has 8 nitrogen and oxygen atoms in total. The number of carbonyl (C=O) groups is 2. The fourth-order valence-corrected chi connectivity index (χ4v) is 7.18. The highest BCUT2D eigenvalue weighted by Crippen LogP contribution is 2.41. The molecule has 0 saturated carbocycles. The van der Waals surface area contributed by atoms with Gasteiger partial charge in [0.1, 0.15) is 11.9 Å². The van der Waals surface area contributed by atoms with Crippen LogP contribution in [0.5, 0.6) is 0 Å². The smallest absolute Gasteiger partial charge is 0.368 e.